The Bertz CT molecular complexity index is 561. The normalized spacial score (nSPS) is 11.5. The van der Waals surface area contributed by atoms with E-state index in [0.29, 0.717) is 11.4 Å². The highest BCUT2D eigenvalue weighted by Gasteiger charge is 2.16. The number of hydrogen-bond acceptors (Lipinski definition) is 3. The average molecular weight is 224 g/mol. The van der Waals surface area contributed by atoms with Crippen LogP contribution in [0.3, 0.4) is 0 Å². The summed E-state index contributed by atoms with van der Waals surface area (Å²) in [7, 11) is -4.22. The van der Waals surface area contributed by atoms with Crippen molar-refractivity contribution >= 4 is 10.1 Å². The summed E-state index contributed by atoms with van der Waals surface area (Å²) in [4.78, 5) is 6.56. The summed E-state index contributed by atoms with van der Waals surface area (Å²) in [5.41, 5.74) is 0.352. The highest BCUT2D eigenvalue weighted by Crippen LogP contribution is 2.23. The Morgan fingerprint density at radius 1 is 1.27 bits per heavy atom. The van der Waals surface area contributed by atoms with E-state index in [9.17, 15) is 8.42 Å². The van der Waals surface area contributed by atoms with Crippen LogP contribution < -0.4 is 0 Å². The molecule has 6 heteroatoms. The summed E-state index contributed by atoms with van der Waals surface area (Å²) >= 11 is 0. The van der Waals surface area contributed by atoms with Gasteiger partial charge in [-0.1, -0.05) is 12.1 Å². The van der Waals surface area contributed by atoms with Gasteiger partial charge < -0.3 is 4.98 Å². The molecule has 1 aromatic heterocycles. The number of nitrogens with zero attached hydrogens (tertiary/aromatic N) is 1. The molecule has 0 aliphatic carbocycles. The van der Waals surface area contributed by atoms with Crippen LogP contribution in [0, 0.1) is 0 Å². The molecule has 0 fully saturated rings. The summed E-state index contributed by atoms with van der Waals surface area (Å²) in [6, 6.07) is 6.11. The van der Waals surface area contributed by atoms with Gasteiger partial charge in [-0.3, -0.25) is 4.55 Å². The molecule has 1 heterocycles. The molecule has 0 saturated heterocycles. The maximum atomic E-state index is 11.1. The Balaban J connectivity index is 2.68. The van der Waals surface area contributed by atoms with Crippen molar-refractivity contribution in [3.8, 4) is 11.4 Å². The lowest BCUT2D eigenvalue weighted by atomic mass is 10.2. The van der Waals surface area contributed by atoms with Crippen LogP contribution in [0.15, 0.2) is 41.6 Å². The number of nitrogens with one attached hydrogen (secondary N) is 1. The second kappa shape index (κ2) is 3.48. The lowest BCUT2D eigenvalue weighted by Gasteiger charge is -2.03. The molecule has 0 unspecified atom stereocenters. The molecule has 0 bridgehead atoms. The fourth-order valence-electron chi connectivity index (χ4n) is 1.30. The van der Waals surface area contributed by atoms with Crippen molar-refractivity contribution < 1.29 is 13.0 Å². The number of benzene rings is 1. The number of hydrogen-bond donors (Lipinski definition) is 2. The van der Waals surface area contributed by atoms with E-state index >= 15 is 0 Å². The van der Waals surface area contributed by atoms with E-state index in [4.69, 9.17) is 4.55 Å². The highest BCUT2D eigenvalue weighted by molar-refractivity contribution is 7.86. The first kappa shape index (κ1) is 9.88. The fraction of sp³-hybridized carbons (Fsp3) is 0. The summed E-state index contributed by atoms with van der Waals surface area (Å²) in [6.45, 7) is 0. The molecule has 0 amide bonds. The number of imidazole rings is 1. The van der Waals surface area contributed by atoms with Crippen molar-refractivity contribution in [2.45, 2.75) is 4.90 Å². The summed E-state index contributed by atoms with van der Waals surface area (Å²) < 4.78 is 31.1. The van der Waals surface area contributed by atoms with Gasteiger partial charge in [0.05, 0.1) is 0 Å². The molecule has 0 atom stereocenters. The van der Waals surface area contributed by atoms with Crippen molar-refractivity contribution in [3.05, 3.63) is 36.7 Å². The first-order chi connectivity index (χ1) is 7.09. The third-order valence-electron chi connectivity index (χ3n) is 1.92. The van der Waals surface area contributed by atoms with Crippen LogP contribution in [0.4, 0.5) is 0 Å². The number of aromatic amines is 1. The quantitative estimate of drug-likeness (QED) is 0.754. The minimum atomic E-state index is -4.22. The lowest BCUT2D eigenvalue weighted by Crippen LogP contribution is -2.00. The van der Waals surface area contributed by atoms with Gasteiger partial charge in [0.1, 0.15) is 10.7 Å². The Hall–Kier alpha value is -1.66. The Morgan fingerprint density at radius 2 is 2.00 bits per heavy atom. The van der Waals surface area contributed by atoms with E-state index in [1.54, 1.807) is 18.3 Å². The smallest absolute Gasteiger partial charge is 0.295 e. The van der Waals surface area contributed by atoms with Crippen LogP contribution in [-0.2, 0) is 10.1 Å². The van der Waals surface area contributed by atoms with Crippen molar-refractivity contribution in [1.29, 1.82) is 0 Å². The van der Waals surface area contributed by atoms with Gasteiger partial charge in [-0.25, -0.2) is 4.98 Å². The molecule has 0 radical (unpaired) electrons. The molecule has 0 aliphatic heterocycles. The highest BCUT2D eigenvalue weighted by atomic mass is 32.2. The van der Waals surface area contributed by atoms with Crippen LogP contribution >= 0.6 is 0 Å². The van der Waals surface area contributed by atoms with E-state index in [2.05, 4.69) is 9.97 Å². The van der Waals surface area contributed by atoms with E-state index < -0.39 is 10.1 Å². The number of rotatable bonds is 2. The SMILES string of the molecule is O=S(=O)(O)c1ccccc1-c1ncc[nH]1. The van der Waals surface area contributed by atoms with Crippen molar-refractivity contribution in [3.63, 3.8) is 0 Å². The Labute approximate surface area is 86.5 Å². The van der Waals surface area contributed by atoms with Gasteiger partial charge in [0.2, 0.25) is 0 Å². The Kier molecular flexibility index (Phi) is 2.29. The molecular formula is C9H8N2O3S. The van der Waals surface area contributed by atoms with E-state index in [1.807, 2.05) is 0 Å². The predicted molar refractivity (Wildman–Crippen MR) is 53.8 cm³/mol. The van der Waals surface area contributed by atoms with Gasteiger partial charge >= 0.3 is 0 Å². The largest absolute Gasteiger partial charge is 0.345 e. The summed E-state index contributed by atoms with van der Waals surface area (Å²) in [5.74, 6) is 0.406. The minimum absolute atomic E-state index is 0.153. The van der Waals surface area contributed by atoms with Gasteiger partial charge in [0, 0.05) is 18.0 Å². The molecular weight excluding hydrogens is 216 g/mol. The molecule has 0 saturated carbocycles. The third kappa shape index (κ3) is 1.90. The van der Waals surface area contributed by atoms with Gasteiger partial charge in [-0.15, -0.1) is 0 Å². The van der Waals surface area contributed by atoms with E-state index in [-0.39, 0.29) is 4.90 Å². The van der Waals surface area contributed by atoms with Crippen molar-refractivity contribution in [1.82, 2.24) is 9.97 Å². The lowest BCUT2D eigenvalue weighted by molar-refractivity contribution is 0.483. The van der Waals surface area contributed by atoms with Gasteiger partial charge in [0.25, 0.3) is 10.1 Å². The van der Waals surface area contributed by atoms with Crippen molar-refractivity contribution in [2.75, 3.05) is 0 Å². The first-order valence-corrected chi connectivity index (χ1v) is 5.59. The topological polar surface area (TPSA) is 83.1 Å². The number of aromatic nitrogens is 2. The molecule has 0 aliphatic rings. The molecule has 2 aromatic rings. The molecule has 2 N–H and O–H groups in total. The Morgan fingerprint density at radius 3 is 2.60 bits per heavy atom. The maximum Gasteiger partial charge on any atom is 0.295 e. The monoisotopic (exact) mass is 224 g/mol. The zero-order valence-electron chi connectivity index (χ0n) is 7.58. The van der Waals surface area contributed by atoms with E-state index in [0.717, 1.165) is 0 Å². The van der Waals surface area contributed by atoms with Crippen molar-refractivity contribution in [2.24, 2.45) is 0 Å². The molecule has 5 nitrogen and oxygen atoms in total. The zero-order chi connectivity index (χ0) is 10.9. The van der Waals surface area contributed by atoms with Crippen LogP contribution in [0.2, 0.25) is 0 Å². The predicted octanol–water partition coefficient (Wildman–Crippen LogP) is 1.32. The second-order valence-electron chi connectivity index (χ2n) is 2.91. The third-order valence-corrected chi connectivity index (χ3v) is 2.83. The molecule has 0 spiro atoms. The van der Waals surface area contributed by atoms with E-state index in [1.165, 1.54) is 18.3 Å². The molecule has 2 rings (SSSR count). The second-order valence-corrected chi connectivity index (χ2v) is 4.30. The summed E-state index contributed by atoms with van der Waals surface area (Å²) in [5, 5.41) is 0. The van der Waals surface area contributed by atoms with Crippen LogP contribution in [0.1, 0.15) is 0 Å². The average Bonchev–Trinajstić information content (AvgIpc) is 2.69. The molecule has 15 heavy (non-hydrogen) atoms. The van der Waals surface area contributed by atoms with Crippen LogP contribution in [0.5, 0.6) is 0 Å². The minimum Gasteiger partial charge on any atom is -0.345 e. The summed E-state index contributed by atoms with van der Waals surface area (Å²) in [6.07, 6.45) is 3.09. The van der Waals surface area contributed by atoms with Crippen LogP contribution in [0.25, 0.3) is 11.4 Å². The van der Waals surface area contributed by atoms with Gasteiger partial charge in [-0.05, 0) is 12.1 Å². The molecule has 1 aromatic carbocycles. The van der Waals surface area contributed by atoms with Gasteiger partial charge in [-0.2, -0.15) is 8.42 Å². The zero-order valence-corrected chi connectivity index (χ0v) is 8.40. The van der Waals surface area contributed by atoms with Gasteiger partial charge in [0.15, 0.2) is 0 Å². The first-order valence-electron chi connectivity index (χ1n) is 4.15. The molecule has 78 valence electrons. The number of H-pyrrole nitrogens is 1. The fourth-order valence-corrected chi connectivity index (χ4v) is 1.99. The van der Waals surface area contributed by atoms with Crippen LogP contribution in [-0.4, -0.2) is 22.9 Å². The maximum absolute atomic E-state index is 11.1. The standard InChI is InChI=1S/C9H8N2O3S/c12-15(13,14)8-4-2-1-3-7(8)9-10-5-6-11-9/h1-6H,(H,10,11)(H,12,13,14).